The molecule has 0 saturated carbocycles. The Morgan fingerprint density at radius 1 is 1.24 bits per heavy atom. The SMILES string of the molecule is CCOc1ccc(CNC(C)(C)CO)cc1.Cl. The van der Waals surface area contributed by atoms with Gasteiger partial charge in [0.2, 0.25) is 0 Å². The summed E-state index contributed by atoms with van der Waals surface area (Å²) in [5.74, 6) is 0.896. The molecule has 0 spiro atoms. The molecule has 0 saturated heterocycles. The van der Waals surface area contributed by atoms with Crippen LogP contribution >= 0.6 is 12.4 Å². The minimum absolute atomic E-state index is 0. The van der Waals surface area contributed by atoms with Crippen LogP contribution in [0.2, 0.25) is 0 Å². The zero-order valence-corrected chi connectivity index (χ0v) is 11.5. The van der Waals surface area contributed by atoms with Gasteiger partial charge in [-0.2, -0.15) is 0 Å². The third-order valence-electron chi connectivity index (χ3n) is 2.40. The average molecular weight is 260 g/mol. The summed E-state index contributed by atoms with van der Waals surface area (Å²) < 4.78 is 5.37. The van der Waals surface area contributed by atoms with E-state index in [-0.39, 0.29) is 24.6 Å². The van der Waals surface area contributed by atoms with E-state index in [0.717, 1.165) is 12.3 Å². The summed E-state index contributed by atoms with van der Waals surface area (Å²) in [6.07, 6.45) is 0. The summed E-state index contributed by atoms with van der Waals surface area (Å²) in [6, 6.07) is 8.00. The van der Waals surface area contributed by atoms with Crippen LogP contribution in [-0.2, 0) is 6.54 Å². The Balaban J connectivity index is 0.00000256. The van der Waals surface area contributed by atoms with Gasteiger partial charge in [-0.25, -0.2) is 0 Å². The maximum atomic E-state index is 9.10. The molecular weight excluding hydrogens is 238 g/mol. The number of ether oxygens (including phenoxy) is 1. The van der Waals surface area contributed by atoms with Crippen molar-refractivity contribution in [1.82, 2.24) is 5.32 Å². The van der Waals surface area contributed by atoms with Crippen LogP contribution in [0.15, 0.2) is 24.3 Å². The average Bonchev–Trinajstić information content (AvgIpc) is 2.29. The van der Waals surface area contributed by atoms with Gasteiger partial charge in [-0.05, 0) is 38.5 Å². The van der Waals surface area contributed by atoms with E-state index in [1.807, 2.05) is 45.0 Å². The number of nitrogens with one attached hydrogen (secondary N) is 1. The number of hydrogen-bond acceptors (Lipinski definition) is 3. The summed E-state index contributed by atoms with van der Waals surface area (Å²) in [5, 5.41) is 12.4. The van der Waals surface area contributed by atoms with Crippen molar-refractivity contribution in [3.8, 4) is 5.75 Å². The minimum atomic E-state index is -0.238. The summed E-state index contributed by atoms with van der Waals surface area (Å²) in [5.41, 5.74) is 0.948. The molecule has 0 aliphatic rings. The lowest BCUT2D eigenvalue weighted by molar-refractivity contribution is 0.187. The topological polar surface area (TPSA) is 41.5 Å². The normalized spacial score (nSPS) is 10.8. The Bertz CT molecular complexity index is 312. The van der Waals surface area contributed by atoms with Gasteiger partial charge in [-0.15, -0.1) is 12.4 Å². The first-order chi connectivity index (χ1) is 7.57. The fourth-order valence-electron chi connectivity index (χ4n) is 1.27. The van der Waals surface area contributed by atoms with E-state index in [2.05, 4.69) is 5.32 Å². The van der Waals surface area contributed by atoms with Gasteiger partial charge in [0.25, 0.3) is 0 Å². The molecule has 0 aliphatic carbocycles. The Labute approximate surface area is 110 Å². The second-order valence-corrected chi connectivity index (χ2v) is 4.47. The predicted molar refractivity (Wildman–Crippen MR) is 72.9 cm³/mol. The molecule has 0 amide bonds. The van der Waals surface area contributed by atoms with E-state index in [1.54, 1.807) is 0 Å². The highest BCUT2D eigenvalue weighted by Gasteiger charge is 2.14. The summed E-state index contributed by atoms with van der Waals surface area (Å²) in [7, 11) is 0. The van der Waals surface area contributed by atoms with Crippen molar-refractivity contribution in [2.24, 2.45) is 0 Å². The van der Waals surface area contributed by atoms with Crippen LogP contribution in [0.25, 0.3) is 0 Å². The smallest absolute Gasteiger partial charge is 0.119 e. The van der Waals surface area contributed by atoms with Gasteiger partial charge in [0.15, 0.2) is 0 Å². The van der Waals surface area contributed by atoms with Crippen LogP contribution in [0, 0.1) is 0 Å². The molecule has 0 fully saturated rings. The molecule has 0 bridgehead atoms. The highest BCUT2D eigenvalue weighted by Crippen LogP contribution is 2.12. The largest absolute Gasteiger partial charge is 0.494 e. The third-order valence-corrected chi connectivity index (χ3v) is 2.40. The summed E-state index contributed by atoms with van der Waals surface area (Å²) in [6.45, 7) is 7.49. The molecule has 2 N–H and O–H groups in total. The number of halogens is 1. The summed E-state index contributed by atoms with van der Waals surface area (Å²) >= 11 is 0. The molecule has 3 nitrogen and oxygen atoms in total. The fourth-order valence-corrected chi connectivity index (χ4v) is 1.27. The molecule has 0 unspecified atom stereocenters. The Morgan fingerprint density at radius 3 is 2.29 bits per heavy atom. The van der Waals surface area contributed by atoms with E-state index < -0.39 is 0 Å². The van der Waals surface area contributed by atoms with Crippen molar-refractivity contribution in [3.63, 3.8) is 0 Å². The van der Waals surface area contributed by atoms with Crippen molar-refractivity contribution >= 4 is 12.4 Å². The molecule has 0 radical (unpaired) electrons. The zero-order valence-electron chi connectivity index (χ0n) is 10.7. The van der Waals surface area contributed by atoms with Crippen LogP contribution in [0.4, 0.5) is 0 Å². The lowest BCUT2D eigenvalue weighted by Crippen LogP contribution is -2.42. The Kier molecular flexibility index (Phi) is 7.19. The number of hydrogen-bond donors (Lipinski definition) is 2. The summed E-state index contributed by atoms with van der Waals surface area (Å²) in [4.78, 5) is 0. The van der Waals surface area contributed by atoms with Crippen molar-refractivity contribution in [2.45, 2.75) is 32.9 Å². The maximum Gasteiger partial charge on any atom is 0.119 e. The van der Waals surface area contributed by atoms with Crippen molar-refractivity contribution in [2.75, 3.05) is 13.2 Å². The van der Waals surface area contributed by atoms with E-state index in [1.165, 1.54) is 5.56 Å². The van der Waals surface area contributed by atoms with E-state index >= 15 is 0 Å². The lowest BCUT2D eigenvalue weighted by atomic mass is 10.1. The van der Waals surface area contributed by atoms with E-state index in [9.17, 15) is 0 Å². The van der Waals surface area contributed by atoms with Gasteiger partial charge in [0.05, 0.1) is 13.2 Å². The number of benzene rings is 1. The van der Waals surface area contributed by atoms with Gasteiger partial charge in [0, 0.05) is 12.1 Å². The molecule has 1 aromatic carbocycles. The standard InChI is InChI=1S/C13H21NO2.ClH/c1-4-16-12-7-5-11(6-8-12)9-14-13(2,3)10-15;/h5-8,14-15H,4,9-10H2,1-3H3;1H. The first kappa shape index (κ1) is 16.2. The maximum absolute atomic E-state index is 9.10. The Hall–Kier alpha value is -0.770. The molecule has 17 heavy (non-hydrogen) atoms. The number of rotatable bonds is 6. The first-order valence-electron chi connectivity index (χ1n) is 5.65. The van der Waals surface area contributed by atoms with Gasteiger partial charge in [-0.1, -0.05) is 12.1 Å². The third kappa shape index (κ3) is 5.91. The molecule has 0 aromatic heterocycles. The molecule has 0 aliphatic heterocycles. The van der Waals surface area contributed by atoms with E-state index in [4.69, 9.17) is 9.84 Å². The van der Waals surface area contributed by atoms with Crippen molar-refractivity contribution in [1.29, 1.82) is 0 Å². The molecule has 0 atom stereocenters. The molecule has 0 heterocycles. The van der Waals surface area contributed by atoms with Crippen LogP contribution in [0.3, 0.4) is 0 Å². The highest BCUT2D eigenvalue weighted by atomic mass is 35.5. The van der Waals surface area contributed by atoms with Crippen LogP contribution in [0.1, 0.15) is 26.3 Å². The van der Waals surface area contributed by atoms with Gasteiger partial charge in [-0.3, -0.25) is 0 Å². The number of aliphatic hydroxyl groups excluding tert-OH is 1. The first-order valence-corrected chi connectivity index (χ1v) is 5.65. The van der Waals surface area contributed by atoms with Crippen molar-refractivity contribution < 1.29 is 9.84 Å². The fraction of sp³-hybridized carbons (Fsp3) is 0.538. The molecule has 4 heteroatoms. The minimum Gasteiger partial charge on any atom is -0.494 e. The lowest BCUT2D eigenvalue weighted by Gasteiger charge is -2.23. The van der Waals surface area contributed by atoms with Gasteiger partial charge < -0.3 is 15.2 Å². The highest BCUT2D eigenvalue weighted by molar-refractivity contribution is 5.85. The van der Waals surface area contributed by atoms with Crippen LogP contribution < -0.4 is 10.1 Å². The van der Waals surface area contributed by atoms with Crippen LogP contribution in [-0.4, -0.2) is 23.9 Å². The zero-order chi connectivity index (χ0) is 12.0. The van der Waals surface area contributed by atoms with Gasteiger partial charge in [0.1, 0.15) is 5.75 Å². The predicted octanol–water partition coefficient (Wildman–Crippen LogP) is 2.37. The number of aliphatic hydroxyl groups is 1. The van der Waals surface area contributed by atoms with Crippen LogP contribution in [0.5, 0.6) is 5.75 Å². The Morgan fingerprint density at radius 2 is 1.82 bits per heavy atom. The van der Waals surface area contributed by atoms with Crippen molar-refractivity contribution in [3.05, 3.63) is 29.8 Å². The monoisotopic (exact) mass is 259 g/mol. The van der Waals surface area contributed by atoms with Gasteiger partial charge >= 0.3 is 0 Å². The molecule has 98 valence electrons. The second kappa shape index (κ2) is 7.54. The second-order valence-electron chi connectivity index (χ2n) is 4.47. The molecule has 1 rings (SSSR count). The molecular formula is C13H22ClNO2. The van der Waals surface area contributed by atoms with E-state index in [0.29, 0.717) is 6.61 Å². The molecule has 1 aromatic rings. The quantitative estimate of drug-likeness (QED) is 0.824.